The zero-order valence-electron chi connectivity index (χ0n) is 16.5. The highest BCUT2D eigenvalue weighted by atomic mass is 35.5. The van der Waals surface area contributed by atoms with Gasteiger partial charge in [-0.15, -0.1) is 0 Å². The first-order valence-electron chi connectivity index (χ1n) is 9.69. The number of fused-ring (bicyclic) bond motifs is 1. The molecule has 0 aliphatic heterocycles. The first-order valence-corrected chi connectivity index (χ1v) is 10.4. The predicted molar refractivity (Wildman–Crippen MR) is 121 cm³/mol. The van der Waals surface area contributed by atoms with E-state index in [2.05, 4.69) is 18.2 Å². The average Bonchev–Trinajstić information content (AvgIpc) is 2.98. The number of hydrogen-bond acceptors (Lipinski definition) is 2. The quantitative estimate of drug-likeness (QED) is 0.401. The minimum Gasteiger partial charge on any atom is -0.313 e. The molecule has 4 nitrogen and oxygen atoms in total. The highest BCUT2D eigenvalue weighted by Gasteiger charge is 2.17. The highest BCUT2D eigenvalue weighted by molar-refractivity contribution is 6.36. The second-order valence-corrected chi connectivity index (χ2v) is 8.13. The van der Waals surface area contributed by atoms with Crippen molar-refractivity contribution < 1.29 is 4.79 Å². The monoisotopic (exact) mass is 437 g/mol. The Kier molecular flexibility index (Phi) is 5.80. The van der Waals surface area contributed by atoms with Gasteiger partial charge < -0.3 is 9.13 Å². The SMILES string of the molecule is Cn1c(=N)n(CC(=O)c2ccc(Cl)cc2Cl)c2cccc(CCc3ccccc3)c21. The second kappa shape index (κ2) is 8.50. The van der Waals surface area contributed by atoms with Crippen LogP contribution in [0.4, 0.5) is 0 Å². The molecule has 0 saturated heterocycles. The number of carbonyl (C=O) groups excluding carboxylic acids is 1. The maximum Gasteiger partial charge on any atom is 0.203 e. The molecule has 1 heterocycles. The first-order chi connectivity index (χ1) is 14.5. The van der Waals surface area contributed by atoms with Crippen molar-refractivity contribution in [3.63, 3.8) is 0 Å². The standard InChI is InChI=1S/C24H21Cl2N3O/c1-28-23-17(11-10-16-6-3-2-4-7-16)8-5-9-21(23)29(24(28)27)15-22(30)19-13-12-18(25)14-20(19)26/h2-9,12-14,27H,10-11,15H2,1H3. The number of hydrogen-bond donors (Lipinski definition) is 1. The Morgan fingerprint density at radius 3 is 2.47 bits per heavy atom. The molecular formula is C24H21Cl2N3O. The summed E-state index contributed by atoms with van der Waals surface area (Å²) < 4.78 is 3.57. The van der Waals surface area contributed by atoms with E-state index in [0.717, 1.165) is 29.4 Å². The van der Waals surface area contributed by atoms with Gasteiger partial charge in [0.2, 0.25) is 5.62 Å². The zero-order valence-corrected chi connectivity index (χ0v) is 18.0. The minimum absolute atomic E-state index is 0.0413. The Balaban J connectivity index is 1.68. The van der Waals surface area contributed by atoms with Gasteiger partial charge in [0.1, 0.15) is 0 Å². The van der Waals surface area contributed by atoms with Crippen molar-refractivity contribution in [1.29, 1.82) is 5.41 Å². The molecule has 4 rings (SSSR count). The van der Waals surface area contributed by atoms with Crippen LogP contribution < -0.4 is 5.62 Å². The number of carbonyl (C=O) groups is 1. The van der Waals surface area contributed by atoms with Crippen LogP contribution in [0, 0.1) is 5.41 Å². The Hall–Kier alpha value is -2.82. The van der Waals surface area contributed by atoms with Gasteiger partial charge in [-0.25, -0.2) is 0 Å². The number of nitrogens with one attached hydrogen (secondary N) is 1. The van der Waals surface area contributed by atoms with Gasteiger partial charge in [0.05, 0.1) is 22.6 Å². The number of aromatic nitrogens is 2. The zero-order chi connectivity index (χ0) is 21.3. The number of imidazole rings is 1. The van der Waals surface area contributed by atoms with E-state index in [1.165, 1.54) is 5.56 Å². The van der Waals surface area contributed by atoms with Crippen molar-refractivity contribution in [2.45, 2.75) is 19.4 Å². The maximum atomic E-state index is 12.9. The van der Waals surface area contributed by atoms with Crippen molar-refractivity contribution in [3.8, 4) is 0 Å². The molecule has 152 valence electrons. The normalized spacial score (nSPS) is 11.2. The van der Waals surface area contributed by atoms with Crippen LogP contribution in [0.5, 0.6) is 0 Å². The number of rotatable bonds is 6. The van der Waals surface area contributed by atoms with E-state index >= 15 is 0 Å². The summed E-state index contributed by atoms with van der Waals surface area (Å²) in [5.41, 5.74) is 4.96. The van der Waals surface area contributed by atoms with E-state index < -0.39 is 0 Å². The van der Waals surface area contributed by atoms with Crippen LogP contribution >= 0.6 is 23.2 Å². The molecule has 0 unspecified atom stereocenters. The molecular weight excluding hydrogens is 417 g/mol. The molecule has 1 N–H and O–H groups in total. The number of Topliss-reactive ketones (excluding diaryl/α,β-unsaturated/α-hetero) is 1. The lowest BCUT2D eigenvalue weighted by molar-refractivity contribution is 0.0971. The molecule has 0 atom stereocenters. The fraction of sp³-hybridized carbons (Fsp3) is 0.167. The Morgan fingerprint density at radius 1 is 0.967 bits per heavy atom. The number of nitrogens with zero attached hydrogens (tertiary/aromatic N) is 2. The molecule has 0 aliphatic rings. The van der Waals surface area contributed by atoms with Crippen LogP contribution in [0.25, 0.3) is 11.0 Å². The Labute approximate surface area is 184 Å². The summed E-state index contributed by atoms with van der Waals surface area (Å²) in [7, 11) is 1.87. The van der Waals surface area contributed by atoms with Crippen molar-refractivity contribution in [1.82, 2.24) is 9.13 Å². The summed E-state index contributed by atoms with van der Waals surface area (Å²) in [5, 5.41) is 9.39. The van der Waals surface area contributed by atoms with Gasteiger partial charge in [-0.05, 0) is 48.2 Å². The smallest absolute Gasteiger partial charge is 0.203 e. The molecule has 0 aliphatic carbocycles. The molecule has 3 aromatic carbocycles. The molecule has 0 spiro atoms. The molecule has 0 bridgehead atoms. The predicted octanol–water partition coefficient (Wildman–Crippen LogP) is 5.43. The van der Waals surface area contributed by atoms with Crippen molar-refractivity contribution in [2.24, 2.45) is 7.05 Å². The Bertz CT molecular complexity index is 1290. The van der Waals surface area contributed by atoms with Gasteiger partial charge in [-0.2, -0.15) is 0 Å². The van der Waals surface area contributed by atoms with E-state index in [-0.39, 0.29) is 17.9 Å². The fourth-order valence-electron chi connectivity index (χ4n) is 3.81. The van der Waals surface area contributed by atoms with E-state index in [1.54, 1.807) is 22.8 Å². The summed E-state index contributed by atoms with van der Waals surface area (Å²) in [5.74, 6) is -0.155. The van der Waals surface area contributed by atoms with Crippen LogP contribution in [0.3, 0.4) is 0 Å². The molecule has 4 aromatic rings. The second-order valence-electron chi connectivity index (χ2n) is 7.29. The molecule has 6 heteroatoms. The maximum absolute atomic E-state index is 12.9. The van der Waals surface area contributed by atoms with Gasteiger partial charge in [-0.3, -0.25) is 10.2 Å². The Morgan fingerprint density at radius 2 is 1.73 bits per heavy atom. The largest absolute Gasteiger partial charge is 0.313 e. The average molecular weight is 438 g/mol. The van der Waals surface area contributed by atoms with Crippen molar-refractivity contribution in [3.05, 3.63) is 99.1 Å². The first kappa shape index (κ1) is 20.5. The summed E-state index contributed by atoms with van der Waals surface area (Å²) in [6.07, 6.45) is 1.77. The van der Waals surface area contributed by atoms with Crippen LogP contribution in [0.2, 0.25) is 10.0 Å². The summed E-state index contributed by atoms with van der Waals surface area (Å²) in [4.78, 5) is 12.9. The van der Waals surface area contributed by atoms with Crippen LogP contribution in [0.15, 0.2) is 66.7 Å². The van der Waals surface area contributed by atoms with E-state index in [0.29, 0.717) is 15.6 Å². The fourth-order valence-corrected chi connectivity index (χ4v) is 4.33. The molecule has 0 fully saturated rings. The van der Waals surface area contributed by atoms with E-state index in [4.69, 9.17) is 28.6 Å². The number of halogens is 2. The summed E-state index contributed by atoms with van der Waals surface area (Å²) in [6, 6.07) is 21.2. The summed E-state index contributed by atoms with van der Waals surface area (Å²) in [6.45, 7) is 0.0413. The number of para-hydroxylation sites is 1. The molecule has 0 saturated carbocycles. The lowest BCUT2D eigenvalue weighted by Gasteiger charge is -2.08. The van der Waals surface area contributed by atoms with Crippen molar-refractivity contribution >= 4 is 40.0 Å². The van der Waals surface area contributed by atoms with Crippen LogP contribution in [-0.2, 0) is 26.4 Å². The highest BCUT2D eigenvalue weighted by Crippen LogP contribution is 2.23. The van der Waals surface area contributed by atoms with Crippen molar-refractivity contribution in [2.75, 3.05) is 0 Å². The minimum atomic E-state index is -0.155. The number of benzene rings is 3. The van der Waals surface area contributed by atoms with Gasteiger partial charge >= 0.3 is 0 Å². The third-order valence-electron chi connectivity index (χ3n) is 5.36. The topological polar surface area (TPSA) is 50.8 Å². The number of ketones is 1. The van der Waals surface area contributed by atoms with Crippen LogP contribution in [-0.4, -0.2) is 14.9 Å². The molecule has 1 aromatic heterocycles. The van der Waals surface area contributed by atoms with Gasteiger partial charge in [-0.1, -0.05) is 65.7 Å². The molecule has 0 radical (unpaired) electrons. The third-order valence-corrected chi connectivity index (χ3v) is 5.90. The summed E-state index contributed by atoms with van der Waals surface area (Å²) >= 11 is 12.2. The lowest BCUT2D eigenvalue weighted by Crippen LogP contribution is -2.26. The molecule has 30 heavy (non-hydrogen) atoms. The van der Waals surface area contributed by atoms with Gasteiger partial charge in [0.15, 0.2) is 5.78 Å². The lowest BCUT2D eigenvalue weighted by atomic mass is 10.0. The van der Waals surface area contributed by atoms with Gasteiger partial charge in [0.25, 0.3) is 0 Å². The molecule has 0 amide bonds. The number of aryl methyl sites for hydroxylation is 3. The van der Waals surface area contributed by atoms with Gasteiger partial charge in [0, 0.05) is 17.6 Å². The third kappa shape index (κ3) is 3.93. The van der Waals surface area contributed by atoms with E-state index in [1.807, 2.05) is 41.9 Å². The van der Waals surface area contributed by atoms with E-state index in [9.17, 15) is 4.79 Å². The van der Waals surface area contributed by atoms with Crippen LogP contribution in [0.1, 0.15) is 21.5 Å².